The minimum atomic E-state index is -0.762. The molecule has 2 heterocycles. The number of carbonyl (C=O) groups is 1. The van der Waals surface area contributed by atoms with E-state index < -0.39 is 17.0 Å². The number of H-pyrrole nitrogens is 1. The standard InChI is InChI=1S/C17H21ClN4O3S/c1-3-7-21(9-11-5-6-13(18)26-11)10-12(23)14-15(19)22(8-4-2)17(25)20-16(14)24/h3,5-6H,1,4,7-10,19H2,2H3,(H,20,24,25). The molecule has 0 aliphatic carbocycles. The second kappa shape index (κ2) is 8.98. The van der Waals surface area contributed by atoms with Gasteiger partial charge in [0.2, 0.25) is 0 Å². The molecule has 2 aromatic heterocycles. The summed E-state index contributed by atoms with van der Waals surface area (Å²) in [6.45, 7) is 6.81. The number of nitrogens with two attached hydrogens (primary N) is 1. The lowest BCUT2D eigenvalue weighted by molar-refractivity contribution is 0.0933. The van der Waals surface area contributed by atoms with Gasteiger partial charge < -0.3 is 5.73 Å². The minimum Gasteiger partial charge on any atom is -0.384 e. The number of anilines is 1. The Hall–Kier alpha value is -2.16. The third kappa shape index (κ3) is 4.72. The first-order valence-electron chi connectivity index (χ1n) is 8.10. The summed E-state index contributed by atoms with van der Waals surface area (Å²) < 4.78 is 1.88. The van der Waals surface area contributed by atoms with Crippen LogP contribution in [0.4, 0.5) is 5.82 Å². The summed E-state index contributed by atoms with van der Waals surface area (Å²) >= 11 is 7.37. The molecule has 0 aliphatic rings. The van der Waals surface area contributed by atoms with Gasteiger partial charge in [-0.3, -0.25) is 24.0 Å². The van der Waals surface area contributed by atoms with Crippen molar-refractivity contribution in [3.05, 3.63) is 60.4 Å². The molecule has 0 spiro atoms. The molecule has 0 aromatic carbocycles. The number of halogens is 1. The van der Waals surface area contributed by atoms with Gasteiger partial charge in [-0.1, -0.05) is 24.6 Å². The SMILES string of the molecule is C=CCN(CC(=O)c1c(N)n(CCC)c(=O)[nH]c1=O)Cc1ccc(Cl)s1. The molecule has 0 amide bonds. The molecule has 0 bridgehead atoms. The Balaban J connectivity index is 2.29. The van der Waals surface area contributed by atoms with Gasteiger partial charge in [0.1, 0.15) is 11.4 Å². The normalized spacial score (nSPS) is 11.0. The molecule has 0 atom stereocenters. The smallest absolute Gasteiger partial charge is 0.329 e. The lowest BCUT2D eigenvalue weighted by Crippen LogP contribution is -2.39. The fraction of sp³-hybridized carbons (Fsp3) is 0.353. The second-order valence-electron chi connectivity index (χ2n) is 5.76. The van der Waals surface area contributed by atoms with Crippen LogP contribution in [-0.2, 0) is 13.1 Å². The quantitative estimate of drug-likeness (QED) is 0.499. The average Bonchev–Trinajstić information content (AvgIpc) is 2.96. The van der Waals surface area contributed by atoms with Crippen LogP contribution in [0.3, 0.4) is 0 Å². The number of Topliss-reactive ketones (excluding diaryl/α,β-unsaturated/α-hetero) is 1. The van der Waals surface area contributed by atoms with E-state index in [0.717, 1.165) is 4.88 Å². The summed E-state index contributed by atoms with van der Waals surface area (Å²) in [4.78, 5) is 41.7. The molecule has 26 heavy (non-hydrogen) atoms. The van der Waals surface area contributed by atoms with E-state index in [0.29, 0.717) is 30.4 Å². The highest BCUT2D eigenvalue weighted by Gasteiger charge is 2.21. The fourth-order valence-corrected chi connectivity index (χ4v) is 3.74. The molecule has 0 aliphatic heterocycles. The van der Waals surface area contributed by atoms with E-state index >= 15 is 0 Å². The Morgan fingerprint density at radius 1 is 1.46 bits per heavy atom. The minimum absolute atomic E-state index is 0.0286. The Morgan fingerprint density at radius 3 is 2.77 bits per heavy atom. The summed E-state index contributed by atoms with van der Waals surface area (Å²) in [5, 5.41) is 0. The fourth-order valence-electron chi connectivity index (χ4n) is 2.61. The Labute approximate surface area is 159 Å². The highest BCUT2D eigenvalue weighted by atomic mass is 35.5. The van der Waals surface area contributed by atoms with E-state index in [9.17, 15) is 14.4 Å². The molecule has 140 valence electrons. The number of nitrogens with one attached hydrogen (secondary N) is 1. The van der Waals surface area contributed by atoms with Crippen LogP contribution in [0, 0.1) is 0 Å². The lowest BCUT2D eigenvalue weighted by atomic mass is 10.1. The predicted octanol–water partition coefficient (Wildman–Crippen LogP) is 2.11. The van der Waals surface area contributed by atoms with Crippen molar-refractivity contribution in [3.8, 4) is 0 Å². The topological polar surface area (TPSA) is 101 Å². The van der Waals surface area contributed by atoms with E-state index in [2.05, 4.69) is 11.6 Å². The maximum atomic E-state index is 12.7. The first-order valence-corrected chi connectivity index (χ1v) is 9.30. The number of nitrogens with zero attached hydrogens (tertiary/aromatic N) is 2. The van der Waals surface area contributed by atoms with Crippen LogP contribution in [0.5, 0.6) is 0 Å². The summed E-state index contributed by atoms with van der Waals surface area (Å²) in [6.07, 6.45) is 2.32. The highest BCUT2D eigenvalue weighted by molar-refractivity contribution is 7.16. The zero-order valence-electron chi connectivity index (χ0n) is 14.5. The molecule has 0 fully saturated rings. The molecule has 0 saturated heterocycles. The van der Waals surface area contributed by atoms with Crippen LogP contribution in [0.1, 0.15) is 28.6 Å². The first kappa shape index (κ1) is 20.2. The van der Waals surface area contributed by atoms with Gasteiger partial charge in [0.15, 0.2) is 5.78 Å². The van der Waals surface area contributed by atoms with Crippen molar-refractivity contribution in [2.45, 2.75) is 26.4 Å². The van der Waals surface area contributed by atoms with Crippen LogP contribution >= 0.6 is 22.9 Å². The molecular weight excluding hydrogens is 376 g/mol. The monoisotopic (exact) mass is 396 g/mol. The van der Waals surface area contributed by atoms with Crippen molar-refractivity contribution >= 4 is 34.5 Å². The van der Waals surface area contributed by atoms with Crippen molar-refractivity contribution < 1.29 is 4.79 Å². The van der Waals surface area contributed by atoms with Crippen LogP contribution in [-0.4, -0.2) is 33.3 Å². The summed E-state index contributed by atoms with van der Waals surface area (Å²) in [6, 6.07) is 3.68. The van der Waals surface area contributed by atoms with E-state index in [1.54, 1.807) is 12.1 Å². The number of carbonyl (C=O) groups excluding carboxylic acids is 1. The van der Waals surface area contributed by atoms with Crippen molar-refractivity contribution in [1.82, 2.24) is 14.5 Å². The van der Waals surface area contributed by atoms with Gasteiger partial charge in [0.25, 0.3) is 5.56 Å². The Bertz CT molecular complexity index is 915. The highest BCUT2D eigenvalue weighted by Crippen LogP contribution is 2.22. The van der Waals surface area contributed by atoms with Crippen molar-refractivity contribution in [1.29, 1.82) is 0 Å². The molecule has 2 rings (SSSR count). The molecule has 0 radical (unpaired) electrons. The molecule has 3 N–H and O–H groups in total. The van der Waals surface area contributed by atoms with Gasteiger partial charge >= 0.3 is 5.69 Å². The largest absolute Gasteiger partial charge is 0.384 e. The molecule has 2 aromatic rings. The molecule has 9 heteroatoms. The zero-order chi connectivity index (χ0) is 19.3. The van der Waals surface area contributed by atoms with Gasteiger partial charge in [-0.25, -0.2) is 4.79 Å². The van der Waals surface area contributed by atoms with Crippen molar-refractivity contribution in [3.63, 3.8) is 0 Å². The number of hydrogen-bond acceptors (Lipinski definition) is 6. The van der Waals surface area contributed by atoms with E-state index in [1.165, 1.54) is 15.9 Å². The third-order valence-electron chi connectivity index (χ3n) is 3.73. The van der Waals surface area contributed by atoms with Crippen LogP contribution in [0.2, 0.25) is 4.34 Å². The third-order valence-corrected chi connectivity index (χ3v) is 4.94. The van der Waals surface area contributed by atoms with Crippen LogP contribution < -0.4 is 17.0 Å². The van der Waals surface area contributed by atoms with E-state index in [-0.39, 0.29) is 17.9 Å². The predicted molar refractivity (Wildman–Crippen MR) is 105 cm³/mol. The summed E-state index contributed by atoms with van der Waals surface area (Å²) in [5.74, 6) is -0.540. The number of thiophene rings is 1. The number of aromatic nitrogens is 2. The molecular formula is C17H21ClN4O3S. The number of ketones is 1. The van der Waals surface area contributed by atoms with E-state index in [1.807, 2.05) is 17.9 Å². The number of aromatic amines is 1. The van der Waals surface area contributed by atoms with E-state index in [4.69, 9.17) is 17.3 Å². The van der Waals surface area contributed by atoms with Crippen LogP contribution in [0.15, 0.2) is 34.4 Å². The zero-order valence-corrected chi connectivity index (χ0v) is 16.0. The average molecular weight is 397 g/mol. The van der Waals surface area contributed by atoms with Crippen molar-refractivity contribution in [2.24, 2.45) is 0 Å². The maximum absolute atomic E-state index is 12.7. The lowest BCUT2D eigenvalue weighted by Gasteiger charge is -2.19. The number of hydrogen-bond donors (Lipinski definition) is 2. The summed E-state index contributed by atoms with van der Waals surface area (Å²) in [5.41, 5.74) is 4.39. The molecule has 7 nitrogen and oxygen atoms in total. The van der Waals surface area contributed by atoms with Gasteiger partial charge in [-0.05, 0) is 18.6 Å². The van der Waals surface area contributed by atoms with Gasteiger partial charge in [0.05, 0.1) is 10.9 Å². The Morgan fingerprint density at radius 2 is 2.19 bits per heavy atom. The first-order chi connectivity index (χ1) is 12.4. The Kier molecular flexibility index (Phi) is 6.96. The number of nitrogen functional groups attached to an aromatic ring is 1. The van der Waals surface area contributed by atoms with Crippen molar-refractivity contribution in [2.75, 3.05) is 18.8 Å². The summed E-state index contributed by atoms with van der Waals surface area (Å²) in [7, 11) is 0. The van der Waals surface area contributed by atoms with Gasteiger partial charge in [0, 0.05) is 24.5 Å². The maximum Gasteiger partial charge on any atom is 0.329 e. The molecule has 0 unspecified atom stereocenters. The number of rotatable bonds is 9. The second-order valence-corrected chi connectivity index (χ2v) is 7.56. The van der Waals surface area contributed by atoms with Crippen LogP contribution in [0.25, 0.3) is 0 Å². The van der Waals surface area contributed by atoms with Gasteiger partial charge in [-0.15, -0.1) is 17.9 Å². The molecule has 0 saturated carbocycles. The van der Waals surface area contributed by atoms with Gasteiger partial charge in [-0.2, -0.15) is 0 Å².